The van der Waals surface area contributed by atoms with E-state index in [-0.39, 0.29) is 6.61 Å². The van der Waals surface area contributed by atoms with E-state index < -0.39 is 0 Å². The van der Waals surface area contributed by atoms with Crippen molar-refractivity contribution in [2.75, 3.05) is 40.5 Å². The number of piperazine rings is 1. The lowest BCUT2D eigenvalue weighted by atomic mass is 10.1. The Labute approximate surface area is 150 Å². The molecule has 0 aromatic heterocycles. The standard InChI is InChI=1S/C18H29ClN2O3/c1-13(2)21-7-6-20(12-15(21)5-8-22)11-14-9-16(19)18(24-4)17(10-14)23-3/h9-10,13,15,22H,5-8,11-12H2,1-4H3/t15-/m0/s1. The molecule has 136 valence electrons. The third-order valence-electron chi connectivity index (χ3n) is 4.64. The highest BCUT2D eigenvalue weighted by molar-refractivity contribution is 6.32. The number of aliphatic hydroxyl groups excluding tert-OH is 1. The molecular weight excluding hydrogens is 328 g/mol. The Balaban J connectivity index is 2.10. The highest BCUT2D eigenvalue weighted by atomic mass is 35.5. The van der Waals surface area contributed by atoms with Crippen LogP contribution in [-0.2, 0) is 6.54 Å². The maximum atomic E-state index is 9.36. The maximum Gasteiger partial charge on any atom is 0.179 e. The summed E-state index contributed by atoms with van der Waals surface area (Å²) in [4.78, 5) is 4.89. The van der Waals surface area contributed by atoms with Crippen LogP contribution in [0.3, 0.4) is 0 Å². The molecule has 0 unspecified atom stereocenters. The second kappa shape index (κ2) is 8.90. The van der Waals surface area contributed by atoms with Gasteiger partial charge in [0, 0.05) is 44.9 Å². The van der Waals surface area contributed by atoms with Crippen LogP contribution < -0.4 is 9.47 Å². The molecule has 1 heterocycles. The van der Waals surface area contributed by atoms with Gasteiger partial charge in [-0.15, -0.1) is 0 Å². The van der Waals surface area contributed by atoms with Crippen molar-refractivity contribution in [2.24, 2.45) is 0 Å². The van der Waals surface area contributed by atoms with E-state index in [0.717, 1.165) is 38.2 Å². The lowest BCUT2D eigenvalue weighted by Gasteiger charge is -2.43. The Bertz CT molecular complexity index is 539. The van der Waals surface area contributed by atoms with Crippen LogP contribution in [0.5, 0.6) is 11.5 Å². The average Bonchev–Trinajstić information content (AvgIpc) is 2.54. The zero-order valence-corrected chi connectivity index (χ0v) is 15.8. The van der Waals surface area contributed by atoms with Crippen LogP contribution >= 0.6 is 11.6 Å². The Morgan fingerprint density at radius 1 is 1.25 bits per heavy atom. The average molecular weight is 357 g/mol. The predicted octanol–water partition coefficient (Wildman–Crippen LogP) is 2.63. The Morgan fingerprint density at radius 2 is 2.00 bits per heavy atom. The smallest absolute Gasteiger partial charge is 0.179 e. The molecule has 0 amide bonds. The first kappa shape index (κ1) is 19.3. The van der Waals surface area contributed by atoms with E-state index in [1.54, 1.807) is 14.2 Å². The summed E-state index contributed by atoms with van der Waals surface area (Å²) in [5.74, 6) is 1.23. The van der Waals surface area contributed by atoms with E-state index >= 15 is 0 Å². The van der Waals surface area contributed by atoms with E-state index in [1.165, 1.54) is 0 Å². The van der Waals surface area contributed by atoms with Gasteiger partial charge >= 0.3 is 0 Å². The number of hydrogen-bond acceptors (Lipinski definition) is 5. The fourth-order valence-electron chi connectivity index (χ4n) is 3.48. The maximum absolute atomic E-state index is 9.36. The fourth-order valence-corrected chi connectivity index (χ4v) is 3.79. The van der Waals surface area contributed by atoms with Gasteiger partial charge in [0.2, 0.25) is 0 Å². The minimum Gasteiger partial charge on any atom is -0.493 e. The van der Waals surface area contributed by atoms with E-state index in [9.17, 15) is 5.11 Å². The first-order valence-corrected chi connectivity index (χ1v) is 8.87. The minimum absolute atomic E-state index is 0.226. The van der Waals surface area contributed by atoms with Gasteiger partial charge in [-0.25, -0.2) is 0 Å². The van der Waals surface area contributed by atoms with E-state index in [0.29, 0.717) is 28.6 Å². The zero-order valence-electron chi connectivity index (χ0n) is 15.1. The second-order valence-corrected chi connectivity index (χ2v) is 6.95. The molecule has 0 spiro atoms. The highest BCUT2D eigenvalue weighted by Gasteiger charge is 2.28. The zero-order chi connectivity index (χ0) is 17.7. The molecule has 0 radical (unpaired) electrons. The number of ether oxygens (including phenoxy) is 2. The van der Waals surface area contributed by atoms with Crippen molar-refractivity contribution in [3.8, 4) is 11.5 Å². The SMILES string of the molecule is COc1cc(CN2CCN(C(C)C)[C@@H](CCO)C2)cc(Cl)c1OC. The number of rotatable bonds is 7. The van der Waals surface area contributed by atoms with E-state index in [4.69, 9.17) is 21.1 Å². The van der Waals surface area contributed by atoms with Gasteiger partial charge in [0.1, 0.15) is 0 Å². The molecule has 1 atom stereocenters. The Hall–Kier alpha value is -1.01. The summed E-state index contributed by atoms with van der Waals surface area (Å²) in [6.07, 6.45) is 0.807. The minimum atomic E-state index is 0.226. The first-order valence-electron chi connectivity index (χ1n) is 8.49. The molecule has 1 aromatic rings. The largest absolute Gasteiger partial charge is 0.493 e. The third-order valence-corrected chi connectivity index (χ3v) is 4.92. The van der Waals surface area contributed by atoms with Crippen LogP contribution in [0.15, 0.2) is 12.1 Å². The third kappa shape index (κ3) is 4.54. The molecule has 1 saturated heterocycles. The molecule has 0 bridgehead atoms. The molecule has 1 aromatic carbocycles. The summed E-state index contributed by atoms with van der Waals surface area (Å²) in [6, 6.07) is 4.82. The molecule has 0 saturated carbocycles. The van der Waals surface area contributed by atoms with Crippen molar-refractivity contribution in [3.63, 3.8) is 0 Å². The van der Waals surface area contributed by atoms with Crippen LogP contribution in [0.1, 0.15) is 25.8 Å². The van der Waals surface area contributed by atoms with Crippen molar-refractivity contribution in [3.05, 3.63) is 22.7 Å². The summed E-state index contributed by atoms with van der Waals surface area (Å²) < 4.78 is 10.7. The molecule has 1 fully saturated rings. The van der Waals surface area contributed by atoms with Crippen LogP contribution in [-0.4, -0.2) is 67.5 Å². The van der Waals surface area contributed by atoms with Crippen molar-refractivity contribution < 1.29 is 14.6 Å². The molecule has 0 aliphatic carbocycles. The molecule has 2 rings (SSSR count). The molecule has 1 aliphatic heterocycles. The van der Waals surface area contributed by atoms with Gasteiger partial charge in [-0.3, -0.25) is 9.80 Å². The number of aliphatic hydroxyl groups is 1. The van der Waals surface area contributed by atoms with Gasteiger partial charge in [-0.1, -0.05) is 11.6 Å². The number of halogens is 1. The van der Waals surface area contributed by atoms with Gasteiger partial charge in [-0.2, -0.15) is 0 Å². The summed E-state index contributed by atoms with van der Waals surface area (Å²) >= 11 is 6.31. The Morgan fingerprint density at radius 3 is 2.58 bits per heavy atom. The predicted molar refractivity (Wildman–Crippen MR) is 97.2 cm³/mol. The van der Waals surface area contributed by atoms with Crippen LogP contribution in [0, 0.1) is 0 Å². The molecule has 5 nitrogen and oxygen atoms in total. The molecule has 6 heteroatoms. The summed E-state index contributed by atoms with van der Waals surface area (Å²) in [5, 5.41) is 9.93. The number of nitrogens with zero attached hydrogens (tertiary/aromatic N) is 2. The lowest BCUT2D eigenvalue weighted by Crippen LogP contribution is -2.55. The molecule has 24 heavy (non-hydrogen) atoms. The van der Waals surface area contributed by atoms with E-state index in [2.05, 4.69) is 23.6 Å². The summed E-state index contributed by atoms with van der Waals surface area (Å²) in [6.45, 7) is 8.44. The van der Waals surface area contributed by atoms with Crippen molar-refractivity contribution >= 4 is 11.6 Å². The summed E-state index contributed by atoms with van der Waals surface area (Å²) in [5.41, 5.74) is 1.11. The lowest BCUT2D eigenvalue weighted by molar-refractivity contribution is 0.0349. The van der Waals surface area contributed by atoms with Gasteiger partial charge in [-0.05, 0) is 38.0 Å². The second-order valence-electron chi connectivity index (χ2n) is 6.55. The van der Waals surface area contributed by atoms with Crippen molar-refractivity contribution in [1.29, 1.82) is 0 Å². The number of benzene rings is 1. The van der Waals surface area contributed by atoms with Crippen molar-refractivity contribution in [2.45, 2.75) is 38.9 Å². The Kier molecular flexibility index (Phi) is 7.16. The first-order chi connectivity index (χ1) is 11.5. The number of hydrogen-bond donors (Lipinski definition) is 1. The van der Waals surface area contributed by atoms with Gasteiger partial charge in [0.25, 0.3) is 0 Å². The molecular formula is C18H29ClN2O3. The number of methoxy groups -OCH3 is 2. The van der Waals surface area contributed by atoms with Crippen LogP contribution in [0.25, 0.3) is 0 Å². The monoisotopic (exact) mass is 356 g/mol. The van der Waals surface area contributed by atoms with Crippen LogP contribution in [0.2, 0.25) is 5.02 Å². The molecule has 1 aliphatic rings. The van der Waals surface area contributed by atoms with Gasteiger partial charge < -0.3 is 14.6 Å². The van der Waals surface area contributed by atoms with Crippen LogP contribution in [0.4, 0.5) is 0 Å². The van der Waals surface area contributed by atoms with Gasteiger partial charge in [0.15, 0.2) is 11.5 Å². The summed E-state index contributed by atoms with van der Waals surface area (Å²) in [7, 11) is 3.21. The van der Waals surface area contributed by atoms with Crippen molar-refractivity contribution in [1.82, 2.24) is 9.80 Å². The normalized spacial score (nSPS) is 19.7. The quantitative estimate of drug-likeness (QED) is 0.813. The highest BCUT2D eigenvalue weighted by Crippen LogP contribution is 2.36. The molecule has 1 N–H and O–H groups in total. The van der Waals surface area contributed by atoms with E-state index in [1.807, 2.05) is 12.1 Å². The fraction of sp³-hybridized carbons (Fsp3) is 0.667. The van der Waals surface area contributed by atoms with Gasteiger partial charge in [0.05, 0.1) is 19.2 Å². The topological polar surface area (TPSA) is 45.2 Å².